The zero-order chi connectivity index (χ0) is 8.10. The minimum Gasteiger partial charge on any atom is -0.466 e. The van der Waals surface area contributed by atoms with E-state index in [-0.39, 0.29) is 5.97 Å². The van der Waals surface area contributed by atoms with Crippen molar-refractivity contribution in [2.45, 2.75) is 39.0 Å². The zero-order valence-corrected chi connectivity index (χ0v) is 7.14. The summed E-state index contributed by atoms with van der Waals surface area (Å²) in [5, 5.41) is 0. The lowest BCUT2D eigenvalue weighted by Crippen LogP contribution is -2.08. The van der Waals surface area contributed by atoms with Crippen LogP contribution in [0.1, 0.15) is 39.0 Å². The van der Waals surface area contributed by atoms with Crippen molar-refractivity contribution in [2.24, 2.45) is 5.92 Å². The molecule has 0 aliphatic heterocycles. The Morgan fingerprint density at radius 2 is 2.09 bits per heavy atom. The van der Waals surface area contributed by atoms with Gasteiger partial charge >= 0.3 is 5.97 Å². The molecule has 0 aromatic rings. The number of carbonyl (C=O) groups excluding carboxylic acids is 1. The summed E-state index contributed by atoms with van der Waals surface area (Å²) in [6.07, 6.45) is 5.68. The largest absolute Gasteiger partial charge is 0.466 e. The summed E-state index contributed by atoms with van der Waals surface area (Å²) >= 11 is 0. The summed E-state index contributed by atoms with van der Waals surface area (Å²) in [5.74, 6) is 0.605. The van der Waals surface area contributed by atoms with E-state index in [1.807, 2.05) is 6.92 Å². The molecule has 1 saturated carbocycles. The first-order valence-electron chi connectivity index (χ1n) is 4.48. The molecule has 0 spiro atoms. The first-order valence-corrected chi connectivity index (χ1v) is 4.48. The average Bonchev–Trinajstić information content (AvgIpc) is 2.40. The van der Waals surface area contributed by atoms with Crippen LogP contribution in [0.2, 0.25) is 0 Å². The number of hydrogen-bond acceptors (Lipinski definition) is 2. The Morgan fingerprint density at radius 3 is 2.64 bits per heavy atom. The molecule has 0 unspecified atom stereocenters. The predicted molar refractivity (Wildman–Crippen MR) is 43.2 cm³/mol. The zero-order valence-electron chi connectivity index (χ0n) is 7.14. The highest BCUT2D eigenvalue weighted by molar-refractivity contribution is 5.69. The van der Waals surface area contributed by atoms with Crippen LogP contribution in [0.15, 0.2) is 0 Å². The van der Waals surface area contributed by atoms with Crippen LogP contribution < -0.4 is 0 Å². The molecule has 0 atom stereocenters. The number of rotatable bonds is 3. The number of hydrogen-bond donors (Lipinski definition) is 0. The maximum atomic E-state index is 11.0. The Bertz CT molecular complexity index is 126. The first kappa shape index (κ1) is 8.57. The lowest BCUT2D eigenvalue weighted by molar-refractivity contribution is -0.144. The second-order valence-electron chi connectivity index (χ2n) is 3.16. The van der Waals surface area contributed by atoms with Crippen LogP contribution in [0.4, 0.5) is 0 Å². The maximum Gasteiger partial charge on any atom is 0.306 e. The smallest absolute Gasteiger partial charge is 0.306 e. The van der Waals surface area contributed by atoms with Gasteiger partial charge in [0.05, 0.1) is 6.61 Å². The van der Waals surface area contributed by atoms with Crippen molar-refractivity contribution >= 4 is 5.97 Å². The van der Waals surface area contributed by atoms with Crippen molar-refractivity contribution in [3.8, 4) is 0 Å². The Kier molecular flexibility index (Phi) is 3.40. The third-order valence-electron chi connectivity index (χ3n) is 2.24. The number of ether oxygens (including phenoxy) is 1. The van der Waals surface area contributed by atoms with Crippen LogP contribution in [0.25, 0.3) is 0 Å². The van der Waals surface area contributed by atoms with Crippen molar-refractivity contribution in [1.82, 2.24) is 0 Å². The van der Waals surface area contributed by atoms with Gasteiger partial charge in [0.15, 0.2) is 0 Å². The fourth-order valence-electron chi connectivity index (χ4n) is 1.67. The lowest BCUT2D eigenvalue weighted by atomic mass is 10.1. The van der Waals surface area contributed by atoms with Crippen LogP contribution >= 0.6 is 0 Å². The maximum absolute atomic E-state index is 11.0. The molecular weight excluding hydrogens is 140 g/mol. The normalized spacial score (nSPS) is 18.6. The van der Waals surface area contributed by atoms with E-state index in [9.17, 15) is 4.79 Å². The fraction of sp³-hybridized carbons (Fsp3) is 0.889. The van der Waals surface area contributed by atoms with Crippen LogP contribution in [0, 0.1) is 5.92 Å². The van der Waals surface area contributed by atoms with E-state index in [0.717, 1.165) is 0 Å². The second-order valence-corrected chi connectivity index (χ2v) is 3.16. The molecule has 1 aliphatic rings. The highest BCUT2D eigenvalue weighted by Crippen LogP contribution is 2.27. The van der Waals surface area contributed by atoms with Gasteiger partial charge in [0.1, 0.15) is 0 Å². The van der Waals surface area contributed by atoms with Gasteiger partial charge in [-0.2, -0.15) is 0 Å². The van der Waals surface area contributed by atoms with E-state index in [0.29, 0.717) is 18.9 Å². The van der Waals surface area contributed by atoms with Gasteiger partial charge in [0.25, 0.3) is 0 Å². The molecule has 2 heteroatoms. The van der Waals surface area contributed by atoms with E-state index in [1.54, 1.807) is 0 Å². The molecule has 1 fully saturated rings. The summed E-state index contributed by atoms with van der Waals surface area (Å²) in [5.41, 5.74) is 0. The predicted octanol–water partition coefficient (Wildman–Crippen LogP) is 2.13. The Hall–Kier alpha value is -0.530. The molecule has 1 aliphatic carbocycles. The Labute approximate surface area is 67.9 Å². The lowest BCUT2D eigenvalue weighted by Gasteiger charge is -2.06. The van der Waals surface area contributed by atoms with E-state index in [1.165, 1.54) is 25.7 Å². The summed E-state index contributed by atoms with van der Waals surface area (Å²) in [6, 6.07) is 0. The van der Waals surface area contributed by atoms with Gasteiger partial charge in [0, 0.05) is 6.42 Å². The van der Waals surface area contributed by atoms with Crippen molar-refractivity contribution in [3.63, 3.8) is 0 Å². The van der Waals surface area contributed by atoms with Gasteiger partial charge < -0.3 is 4.74 Å². The van der Waals surface area contributed by atoms with E-state index in [4.69, 9.17) is 4.74 Å². The molecule has 0 bridgehead atoms. The molecule has 0 amide bonds. The van der Waals surface area contributed by atoms with Gasteiger partial charge in [-0.25, -0.2) is 0 Å². The quantitative estimate of drug-likeness (QED) is 0.585. The minimum absolute atomic E-state index is 0.0144. The van der Waals surface area contributed by atoms with E-state index >= 15 is 0 Å². The minimum atomic E-state index is -0.0144. The molecule has 0 saturated heterocycles. The SMILES string of the molecule is CCOC(=O)CC1CCCC1. The van der Waals surface area contributed by atoms with Crippen molar-refractivity contribution < 1.29 is 9.53 Å². The highest BCUT2D eigenvalue weighted by atomic mass is 16.5. The summed E-state index contributed by atoms with van der Waals surface area (Å²) in [6.45, 7) is 2.37. The van der Waals surface area contributed by atoms with Gasteiger partial charge in [-0.15, -0.1) is 0 Å². The molecule has 0 N–H and O–H groups in total. The van der Waals surface area contributed by atoms with Crippen LogP contribution in [-0.2, 0) is 9.53 Å². The van der Waals surface area contributed by atoms with Crippen molar-refractivity contribution in [1.29, 1.82) is 0 Å². The number of carbonyl (C=O) groups is 1. The molecule has 2 nitrogen and oxygen atoms in total. The fourth-order valence-corrected chi connectivity index (χ4v) is 1.67. The van der Waals surface area contributed by atoms with Crippen molar-refractivity contribution in [3.05, 3.63) is 0 Å². The van der Waals surface area contributed by atoms with Crippen molar-refractivity contribution in [2.75, 3.05) is 6.61 Å². The van der Waals surface area contributed by atoms with Gasteiger partial charge in [-0.05, 0) is 25.7 Å². The first-order chi connectivity index (χ1) is 5.33. The summed E-state index contributed by atoms with van der Waals surface area (Å²) in [7, 11) is 0. The summed E-state index contributed by atoms with van der Waals surface area (Å²) in [4.78, 5) is 11.0. The van der Waals surface area contributed by atoms with Crippen LogP contribution in [0.5, 0.6) is 0 Å². The third kappa shape index (κ3) is 2.91. The molecule has 0 aromatic carbocycles. The second kappa shape index (κ2) is 4.37. The molecular formula is C9H16O2. The van der Waals surface area contributed by atoms with E-state index < -0.39 is 0 Å². The Balaban J connectivity index is 2.13. The highest BCUT2D eigenvalue weighted by Gasteiger charge is 2.18. The monoisotopic (exact) mass is 156 g/mol. The van der Waals surface area contributed by atoms with Gasteiger partial charge in [-0.3, -0.25) is 4.79 Å². The molecule has 0 aromatic heterocycles. The Morgan fingerprint density at radius 1 is 1.45 bits per heavy atom. The molecule has 64 valence electrons. The van der Waals surface area contributed by atoms with Crippen LogP contribution in [0.3, 0.4) is 0 Å². The average molecular weight is 156 g/mol. The summed E-state index contributed by atoms with van der Waals surface area (Å²) < 4.78 is 4.86. The van der Waals surface area contributed by atoms with Gasteiger partial charge in [-0.1, -0.05) is 12.8 Å². The van der Waals surface area contributed by atoms with Gasteiger partial charge in [0.2, 0.25) is 0 Å². The molecule has 1 rings (SSSR count). The molecule has 0 heterocycles. The molecule has 0 radical (unpaired) electrons. The molecule has 11 heavy (non-hydrogen) atoms. The van der Waals surface area contributed by atoms with Crippen LogP contribution in [-0.4, -0.2) is 12.6 Å². The topological polar surface area (TPSA) is 26.3 Å². The third-order valence-corrected chi connectivity index (χ3v) is 2.24. The number of esters is 1. The van der Waals surface area contributed by atoms with E-state index in [2.05, 4.69) is 0 Å². The standard InChI is InChI=1S/C9H16O2/c1-2-11-9(10)7-8-5-3-4-6-8/h8H,2-7H2,1H3.